The summed E-state index contributed by atoms with van der Waals surface area (Å²) >= 11 is 0. The topological polar surface area (TPSA) is 49.8 Å². The first-order valence-corrected chi connectivity index (χ1v) is 9.99. The minimum Gasteiger partial charge on any atom is -0.508 e. The van der Waals surface area contributed by atoms with Crippen molar-refractivity contribution in [2.45, 2.75) is 57.3 Å². The maximum absolute atomic E-state index is 13.1. The Morgan fingerprint density at radius 1 is 1.19 bits per heavy atom. The van der Waals surface area contributed by atoms with Gasteiger partial charge in [0.25, 0.3) is 5.91 Å². The Balaban J connectivity index is 1.59. The summed E-state index contributed by atoms with van der Waals surface area (Å²) in [6.45, 7) is 2.87. The van der Waals surface area contributed by atoms with Gasteiger partial charge in [-0.1, -0.05) is 43.3 Å². The summed E-state index contributed by atoms with van der Waals surface area (Å²) in [4.78, 5) is 15.2. The molecule has 4 nitrogen and oxygen atoms in total. The minimum atomic E-state index is -0.425. The van der Waals surface area contributed by atoms with Crippen molar-refractivity contribution in [1.29, 1.82) is 0 Å². The Hall–Kier alpha value is -2.33. The van der Waals surface area contributed by atoms with Crippen molar-refractivity contribution in [2.75, 3.05) is 6.54 Å². The number of carbonyl (C=O) groups excluding carboxylic acids is 1. The number of aryl methyl sites for hydroxylation is 2. The molecule has 3 atom stereocenters. The molecule has 0 bridgehead atoms. The van der Waals surface area contributed by atoms with Crippen LogP contribution in [0.3, 0.4) is 0 Å². The molecule has 1 aliphatic carbocycles. The molecule has 142 valence electrons. The third-order valence-electron chi connectivity index (χ3n) is 5.77. The highest BCUT2D eigenvalue weighted by Gasteiger charge is 2.44. The largest absolute Gasteiger partial charge is 0.508 e. The molecule has 0 radical (unpaired) electrons. The van der Waals surface area contributed by atoms with Crippen LogP contribution in [-0.4, -0.2) is 34.6 Å². The van der Waals surface area contributed by atoms with Crippen molar-refractivity contribution in [2.24, 2.45) is 0 Å². The van der Waals surface area contributed by atoms with Crippen LogP contribution in [0.25, 0.3) is 0 Å². The van der Waals surface area contributed by atoms with Gasteiger partial charge in [-0.2, -0.15) is 0 Å². The number of hydrogen-bond donors (Lipinski definition) is 1. The van der Waals surface area contributed by atoms with Gasteiger partial charge < -0.3 is 14.7 Å². The zero-order valence-corrected chi connectivity index (χ0v) is 15.8. The molecule has 1 aliphatic heterocycles. The van der Waals surface area contributed by atoms with E-state index in [1.165, 1.54) is 11.1 Å². The van der Waals surface area contributed by atoms with Gasteiger partial charge in [0.1, 0.15) is 18.0 Å². The van der Waals surface area contributed by atoms with Crippen LogP contribution in [0.1, 0.15) is 49.0 Å². The first kappa shape index (κ1) is 18.1. The second-order valence-electron chi connectivity index (χ2n) is 7.59. The second-order valence-corrected chi connectivity index (χ2v) is 7.59. The standard InChI is InChI=1S/C23H27NO3/c1-2-14-24-20-12-10-17-9-11-18(25)15-19(17)22(20)27-21(23(24)26)13-8-16-6-4-3-5-7-16/h3-7,9,11,15,20-22,25H,2,8,10,12-14H2,1H3/t20-,21?,22-/m1/s1. The van der Waals surface area contributed by atoms with Crippen molar-refractivity contribution in [3.63, 3.8) is 0 Å². The summed E-state index contributed by atoms with van der Waals surface area (Å²) in [5.74, 6) is 0.385. The number of carbonyl (C=O) groups is 1. The highest BCUT2D eigenvalue weighted by molar-refractivity contribution is 5.82. The van der Waals surface area contributed by atoms with Crippen molar-refractivity contribution in [1.82, 2.24) is 4.90 Å². The summed E-state index contributed by atoms with van der Waals surface area (Å²) in [5.41, 5.74) is 3.49. The van der Waals surface area contributed by atoms with Crippen LogP contribution in [-0.2, 0) is 22.4 Å². The molecule has 1 amide bonds. The molecule has 0 spiro atoms. The van der Waals surface area contributed by atoms with Crippen LogP contribution >= 0.6 is 0 Å². The summed E-state index contributed by atoms with van der Waals surface area (Å²) < 4.78 is 6.38. The highest BCUT2D eigenvalue weighted by atomic mass is 16.5. The number of morpholine rings is 1. The molecular weight excluding hydrogens is 338 g/mol. The summed E-state index contributed by atoms with van der Waals surface area (Å²) in [5, 5.41) is 9.98. The van der Waals surface area contributed by atoms with E-state index in [2.05, 4.69) is 19.1 Å². The number of phenols is 1. The van der Waals surface area contributed by atoms with Gasteiger partial charge in [-0.15, -0.1) is 0 Å². The molecule has 27 heavy (non-hydrogen) atoms. The molecule has 4 heteroatoms. The molecule has 1 unspecified atom stereocenters. The third kappa shape index (κ3) is 3.59. The zero-order valence-electron chi connectivity index (χ0n) is 15.8. The zero-order chi connectivity index (χ0) is 18.8. The number of ether oxygens (including phenoxy) is 1. The molecule has 1 saturated heterocycles. The molecule has 1 fully saturated rings. The minimum absolute atomic E-state index is 0.0692. The lowest BCUT2D eigenvalue weighted by atomic mass is 9.83. The Kier molecular flexibility index (Phi) is 5.17. The number of nitrogens with zero attached hydrogens (tertiary/aromatic N) is 1. The van der Waals surface area contributed by atoms with Gasteiger partial charge in [0.15, 0.2) is 0 Å². The van der Waals surface area contributed by atoms with Gasteiger partial charge in [-0.05, 0) is 60.9 Å². The molecule has 1 heterocycles. The molecule has 2 aromatic carbocycles. The Bertz CT molecular complexity index is 805. The van der Waals surface area contributed by atoms with Crippen LogP contribution < -0.4 is 0 Å². The van der Waals surface area contributed by atoms with Crippen LogP contribution in [0, 0.1) is 0 Å². The van der Waals surface area contributed by atoms with Gasteiger partial charge >= 0.3 is 0 Å². The molecular formula is C23H27NO3. The fraction of sp³-hybridized carbons (Fsp3) is 0.435. The fourth-order valence-electron chi connectivity index (χ4n) is 4.45. The quantitative estimate of drug-likeness (QED) is 0.871. The van der Waals surface area contributed by atoms with E-state index < -0.39 is 6.10 Å². The lowest BCUT2D eigenvalue weighted by molar-refractivity contribution is -0.176. The number of benzene rings is 2. The maximum atomic E-state index is 13.1. The molecule has 1 N–H and O–H groups in total. The molecule has 0 aromatic heterocycles. The van der Waals surface area contributed by atoms with E-state index >= 15 is 0 Å². The Labute approximate surface area is 160 Å². The van der Waals surface area contributed by atoms with E-state index in [0.29, 0.717) is 6.42 Å². The number of rotatable bonds is 5. The maximum Gasteiger partial charge on any atom is 0.252 e. The predicted molar refractivity (Wildman–Crippen MR) is 105 cm³/mol. The lowest BCUT2D eigenvalue weighted by Gasteiger charge is -2.47. The number of aromatic hydroxyl groups is 1. The van der Waals surface area contributed by atoms with Gasteiger partial charge in [-0.3, -0.25) is 4.79 Å². The predicted octanol–water partition coefficient (Wildman–Crippen LogP) is 4.02. The first-order chi connectivity index (χ1) is 13.2. The van der Waals surface area contributed by atoms with Gasteiger partial charge in [0.05, 0.1) is 6.04 Å². The van der Waals surface area contributed by atoms with E-state index in [1.807, 2.05) is 35.2 Å². The third-order valence-corrected chi connectivity index (χ3v) is 5.77. The smallest absolute Gasteiger partial charge is 0.252 e. The summed E-state index contributed by atoms with van der Waals surface area (Å²) in [6, 6.07) is 15.9. The van der Waals surface area contributed by atoms with E-state index in [-0.39, 0.29) is 23.8 Å². The van der Waals surface area contributed by atoms with Crippen LogP contribution in [0.4, 0.5) is 0 Å². The normalized spacial score (nSPS) is 24.4. The number of fused-ring (bicyclic) bond motifs is 3. The van der Waals surface area contributed by atoms with Crippen molar-refractivity contribution < 1.29 is 14.6 Å². The van der Waals surface area contributed by atoms with E-state index in [1.54, 1.807) is 6.07 Å². The second kappa shape index (κ2) is 7.73. The number of amides is 1. The van der Waals surface area contributed by atoms with Gasteiger partial charge in [0, 0.05) is 6.54 Å². The lowest BCUT2D eigenvalue weighted by Crippen LogP contribution is -2.56. The van der Waals surface area contributed by atoms with E-state index in [4.69, 9.17) is 4.74 Å². The van der Waals surface area contributed by atoms with Crippen molar-refractivity contribution in [3.8, 4) is 5.75 Å². The van der Waals surface area contributed by atoms with E-state index in [9.17, 15) is 9.90 Å². The van der Waals surface area contributed by atoms with Crippen LogP contribution in [0.2, 0.25) is 0 Å². The van der Waals surface area contributed by atoms with Gasteiger partial charge in [0.2, 0.25) is 0 Å². The summed E-state index contributed by atoms with van der Waals surface area (Å²) in [6.07, 6.45) is 3.70. The average molecular weight is 365 g/mol. The fourth-order valence-corrected chi connectivity index (χ4v) is 4.45. The summed E-state index contributed by atoms with van der Waals surface area (Å²) in [7, 11) is 0. The van der Waals surface area contributed by atoms with Gasteiger partial charge in [-0.25, -0.2) is 0 Å². The first-order valence-electron chi connectivity index (χ1n) is 9.99. The monoisotopic (exact) mass is 365 g/mol. The van der Waals surface area contributed by atoms with Crippen LogP contribution in [0.15, 0.2) is 48.5 Å². The molecule has 4 rings (SSSR count). The highest BCUT2D eigenvalue weighted by Crippen LogP contribution is 2.41. The Morgan fingerprint density at radius 3 is 2.78 bits per heavy atom. The van der Waals surface area contributed by atoms with Crippen molar-refractivity contribution in [3.05, 3.63) is 65.2 Å². The number of phenolic OH excluding ortho intramolecular Hbond substituents is 1. The SMILES string of the molecule is CCCN1C(=O)C(CCc2ccccc2)O[C@@H]2c3cc(O)ccc3CC[C@H]21. The average Bonchev–Trinajstić information content (AvgIpc) is 2.69. The molecule has 2 aromatic rings. The number of hydrogen-bond acceptors (Lipinski definition) is 3. The molecule has 2 aliphatic rings. The van der Waals surface area contributed by atoms with E-state index in [0.717, 1.165) is 37.8 Å². The van der Waals surface area contributed by atoms with Crippen molar-refractivity contribution >= 4 is 5.91 Å². The Morgan fingerprint density at radius 2 is 2.00 bits per heavy atom. The van der Waals surface area contributed by atoms with Crippen LogP contribution in [0.5, 0.6) is 5.75 Å². The molecule has 0 saturated carbocycles.